The van der Waals surface area contributed by atoms with Gasteiger partial charge in [-0.25, -0.2) is 0 Å². The number of aryl methyl sites for hydroxylation is 1. The van der Waals surface area contributed by atoms with Gasteiger partial charge in [0.1, 0.15) is 5.76 Å². The molecule has 0 aliphatic rings. The molecule has 0 fully saturated rings. The van der Waals surface area contributed by atoms with Gasteiger partial charge in [0, 0.05) is 0 Å². The summed E-state index contributed by atoms with van der Waals surface area (Å²) in [6.07, 6.45) is 0. The van der Waals surface area contributed by atoms with Gasteiger partial charge < -0.3 is 10.2 Å². The monoisotopic (exact) mass is 280 g/mol. The van der Waals surface area contributed by atoms with E-state index in [-0.39, 0.29) is 11.6 Å². The molecule has 0 unspecified atom stereocenters. The Hall–Kier alpha value is -1.79. The average Bonchev–Trinajstić information content (AvgIpc) is 2.84. The average molecular weight is 280 g/mol. The normalized spacial score (nSPS) is 11.5. The van der Waals surface area contributed by atoms with Crippen LogP contribution in [0.1, 0.15) is 16.9 Å². The van der Waals surface area contributed by atoms with E-state index in [1.54, 1.807) is 18.2 Å². The summed E-state index contributed by atoms with van der Waals surface area (Å²) < 4.78 is 32.0. The minimum absolute atomic E-state index is 0.131. The fourth-order valence-electron chi connectivity index (χ4n) is 1.67. The summed E-state index contributed by atoms with van der Waals surface area (Å²) in [7, 11) is -3.71. The van der Waals surface area contributed by atoms with Crippen molar-refractivity contribution >= 4 is 15.7 Å². The largest absolute Gasteiger partial charge is 0.446 e. The smallest absolute Gasteiger partial charge is 0.295 e. The fourth-order valence-corrected chi connectivity index (χ4v) is 2.74. The van der Waals surface area contributed by atoms with Crippen LogP contribution in [-0.2, 0) is 16.6 Å². The van der Waals surface area contributed by atoms with Crippen molar-refractivity contribution in [3.63, 3.8) is 0 Å². The molecule has 2 rings (SSSR count). The number of anilines is 1. The molecular weight excluding hydrogens is 264 g/mol. The third kappa shape index (κ3) is 2.80. The van der Waals surface area contributed by atoms with Crippen molar-refractivity contribution in [2.45, 2.75) is 25.5 Å². The van der Waals surface area contributed by atoms with Gasteiger partial charge in [0.05, 0.1) is 12.2 Å². The molecule has 0 aliphatic carbocycles. The van der Waals surface area contributed by atoms with E-state index in [2.05, 4.69) is 4.72 Å². The van der Waals surface area contributed by atoms with Crippen LogP contribution in [0.25, 0.3) is 0 Å². The molecule has 102 valence electrons. The van der Waals surface area contributed by atoms with E-state index in [0.29, 0.717) is 11.4 Å². The number of hydrogen-bond donors (Lipinski definition) is 2. The first-order valence-electron chi connectivity index (χ1n) is 5.82. The SMILES string of the molecule is Cc1cccc(NS(=O)(=O)c2ccc(CN)o2)c1C. The zero-order valence-electron chi connectivity index (χ0n) is 10.8. The minimum Gasteiger partial charge on any atom is -0.446 e. The van der Waals surface area contributed by atoms with Crippen LogP contribution in [-0.4, -0.2) is 8.42 Å². The third-order valence-corrected chi connectivity index (χ3v) is 4.19. The van der Waals surface area contributed by atoms with Gasteiger partial charge in [0.15, 0.2) is 0 Å². The highest BCUT2D eigenvalue weighted by atomic mass is 32.2. The van der Waals surface area contributed by atoms with Crippen LogP contribution in [0.4, 0.5) is 5.69 Å². The van der Waals surface area contributed by atoms with Gasteiger partial charge in [-0.15, -0.1) is 0 Å². The Morgan fingerprint density at radius 2 is 1.95 bits per heavy atom. The molecule has 0 radical (unpaired) electrons. The van der Waals surface area contributed by atoms with Gasteiger partial charge in [0.2, 0.25) is 5.09 Å². The Bertz CT molecular complexity index is 690. The number of furan rings is 1. The van der Waals surface area contributed by atoms with E-state index >= 15 is 0 Å². The van der Waals surface area contributed by atoms with Crippen LogP contribution in [0, 0.1) is 13.8 Å². The molecule has 6 heteroatoms. The molecule has 1 aromatic carbocycles. The van der Waals surface area contributed by atoms with Gasteiger partial charge in [-0.05, 0) is 43.2 Å². The topological polar surface area (TPSA) is 85.3 Å². The first kappa shape index (κ1) is 13.6. The molecule has 0 amide bonds. The molecule has 2 aromatic rings. The van der Waals surface area contributed by atoms with E-state index in [9.17, 15) is 8.42 Å². The number of sulfonamides is 1. The number of benzene rings is 1. The van der Waals surface area contributed by atoms with Crippen molar-refractivity contribution in [1.82, 2.24) is 0 Å². The van der Waals surface area contributed by atoms with E-state index in [0.717, 1.165) is 11.1 Å². The summed E-state index contributed by atoms with van der Waals surface area (Å²) >= 11 is 0. The predicted molar refractivity (Wildman–Crippen MR) is 73.3 cm³/mol. The Morgan fingerprint density at radius 1 is 1.21 bits per heavy atom. The minimum atomic E-state index is -3.71. The van der Waals surface area contributed by atoms with Gasteiger partial charge in [-0.1, -0.05) is 12.1 Å². The second kappa shape index (κ2) is 5.07. The Labute approximate surface area is 112 Å². The quantitative estimate of drug-likeness (QED) is 0.898. The molecule has 0 saturated heterocycles. The number of nitrogens with two attached hydrogens (primary N) is 1. The molecule has 0 aliphatic heterocycles. The summed E-state index contributed by atoms with van der Waals surface area (Å²) in [5.74, 6) is 0.432. The first-order valence-corrected chi connectivity index (χ1v) is 7.30. The Morgan fingerprint density at radius 3 is 2.58 bits per heavy atom. The molecule has 1 aromatic heterocycles. The molecule has 0 spiro atoms. The maximum absolute atomic E-state index is 12.1. The molecule has 0 saturated carbocycles. The van der Waals surface area contributed by atoms with Crippen molar-refractivity contribution in [1.29, 1.82) is 0 Å². The van der Waals surface area contributed by atoms with Gasteiger partial charge in [0.25, 0.3) is 10.0 Å². The van der Waals surface area contributed by atoms with Crippen molar-refractivity contribution in [2.75, 3.05) is 4.72 Å². The van der Waals surface area contributed by atoms with E-state index in [4.69, 9.17) is 10.2 Å². The lowest BCUT2D eigenvalue weighted by Gasteiger charge is -2.10. The predicted octanol–water partition coefficient (Wildman–Crippen LogP) is 2.16. The Kier molecular flexibility index (Phi) is 3.64. The van der Waals surface area contributed by atoms with Crippen LogP contribution in [0.3, 0.4) is 0 Å². The molecule has 0 bridgehead atoms. The van der Waals surface area contributed by atoms with Crippen LogP contribution in [0.2, 0.25) is 0 Å². The van der Waals surface area contributed by atoms with Crippen LogP contribution >= 0.6 is 0 Å². The highest BCUT2D eigenvalue weighted by molar-refractivity contribution is 7.92. The summed E-state index contributed by atoms with van der Waals surface area (Å²) in [6.45, 7) is 3.95. The summed E-state index contributed by atoms with van der Waals surface area (Å²) in [6, 6.07) is 8.39. The van der Waals surface area contributed by atoms with E-state index in [1.165, 1.54) is 6.07 Å². The zero-order valence-corrected chi connectivity index (χ0v) is 11.6. The second-order valence-corrected chi connectivity index (χ2v) is 5.89. The molecular formula is C13H16N2O3S. The van der Waals surface area contributed by atoms with Crippen LogP contribution in [0.15, 0.2) is 39.8 Å². The highest BCUT2D eigenvalue weighted by Crippen LogP contribution is 2.22. The second-order valence-electron chi connectivity index (χ2n) is 4.28. The first-order chi connectivity index (χ1) is 8.94. The van der Waals surface area contributed by atoms with E-state index < -0.39 is 10.0 Å². The number of rotatable bonds is 4. The van der Waals surface area contributed by atoms with Gasteiger partial charge >= 0.3 is 0 Å². The fraction of sp³-hybridized carbons (Fsp3) is 0.231. The third-order valence-electron chi connectivity index (χ3n) is 2.95. The Balaban J connectivity index is 2.33. The maximum atomic E-state index is 12.1. The zero-order chi connectivity index (χ0) is 14.0. The van der Waals surface area contributed by atoms with Gasteiger partial charge in [-0.3, -0.25) is 4.72 Å². The molecule has 5 nitrogen and oxygen atoms in total. The lowest BCUT2D eigenvalue weighted by molar-refractivity contribution is 0.417. The standard InChI is InChI=1S/C13H16N2O3S/c1-9-4-3-5-12(10(9)2)15-19(16,17)13-7-6-11(8-14)18-13/h3-7,15H,8,14H2,1-2H3. The molecule has 1 heterocycles. The summed E-state index contributed by atoms with van der Waals surface area (Å²) in [4.78, 5) is 0. The van der Waals surface area contributed by atoms with Crippen LogP contribution < -0.4 is 10.5 Å². The van der Waals surface area contributed by atoms with Gasteiger partial charge in [-0.2, -0.15) is 8.42 Å². The lowest BCUT2D eigenvalue weighted by Crippen LogP contribution is -2.13. The highest BCUT2D eigenvalue weighted by Gasteiger charge is 2.19. The maximum Gasteiger partial charge on any atom is 0.295 e. The lowest BCUT2D eigenvalue weighted by atomic mass is 10.1. The number of hydrogen-bond acceptors (Lipinski definition) is 4. The molecule has 3 N–H and O–H groups in total. The number of nitrogens with one attached hydrogen (secondary N) is 1. The van der Waals surface area contributed by atoms with Crippen molar-refractivity contribution in [3.8, 4) is 0 Å². The van der Waals surface area contributed by atoms with E-state index in [1.807, 2.05) is 19.9 Å². The molecule has 0 atom stereocenters. The van der Waals surface area contributed by atoms with Crippen molar-refractivity contribution in [3.05, 3.63) is 47.2 Å². The van der Waals surface area contributed by atoms with Crippen molar-refractivity contribution in [2.24, 2.45) is 5.73 Å². The molecule has 19 heavy (non-hydrogen) atoms. The summed E-state index contributed by atoms with van der Waals surface area (Å²) in [5.41, 5.74) is 7.84. The summed E-state index contributed by atoms with van der Waals surface area (Å²) in [5, 5.41) is -0.131. The van der Waals surface area contributed by atoms with Crippen molar-refractivity contribution < 1.29 is 12.8 Å². The van der Waals surface area contributed by atoms with Crippen LogP contribution in [0.5, 0.6) is 0 Å².